The molecule has 180 valence electrons. The van der Waals surface area contributed by atoms with Crippen molar-refractivity contribution in [2.24, 2.45) is 0 Å². The number of nitrogens with two attached hydrogens (primary N) is 1. The molecule has 2 atom stereocenters. The van der Waals surface area contributed by atoms with Gasteiger partial charge in [0.1, 0.15) is 36.7 Å². The fourth-order valence-electron chi connectivity index (χ4n) is 3.54. The summed E-state index contributed by atoms with van der Waals surface area (Å²) < 4.78 is 23.3. The number of carbonyl (C=O) groups excluding carboxylic acids is 1. The zero-order valence-corrected chi connectivity index (χ0v) is 18.6. The summed E-state index contributed by atoms with van der Waals surface area (Å²) in [6, 6.07) is 5.80. The summed E-state index contributed by atoms with van der Waals surface area (Å²) in [5, 5.41) is 30.0. The van der Waals surface area contributed by atoms with E-state index in [-0.39, 0.29) is 18.8 Å². The Balaban J connectivity index is 0.000000555. The molecule has 0 radical (unpaired) electrons. The molecule has 0 saturated carbocycles. The van der Waals surface area contributed by atoms with Gasteiger partial charge >= 0.3 is 6.16 Å². The maximum Gasteiger partial charge on any atom is 0.508 e. The van der Waals surface area contributed by atoms with Gasteiger partial charge in [-0.1, -0.05) is 0 Å². The highest BCUT2D eigenvalue weighted by Crippen LogP contribution is 2.40. The number of nitrogens with zero attached hydrogens (tertiary/aromatic N) is 4. The van der Waals surface area contributed by atoms with Gasteiger partial charge in [-0.15, -0.1) is 0 Å². The van der Waals surface area contributed by atoms with Crippen LogP contribution in [0.5, 0.6) is 0 Å². The molecule has 2 aromatic heterocycles. The van der Waals surface area contributed by atoms with Crippen LogP contribution in [0, 0.1) is 11.3 Å². The molecule has 4 N–H and O–H groups in total. The first-order valence-corrected chi connectivity index (χ1v) is 10.6. The van der Waals surface area contributed by atoms with Crippen LogP contribution in [-0.2, 0) is 18.9 Å². The molecule has 12 heteroatoms. The van der Waals surface area contributed by atoms with Crippen molar-refractivity contribution in [1.82, 2.24) is 14.6 Å². The highest BCUT2D eigenvalue weighted by atomic mass is 16.7. The second-order valence-electron chi connectivity index (χ2n) is 8.41. The molecule has 2 aliphatic heterocycles. The average molecular weight is 463 g/mol. The summed E-state index contributed by atoms with van der Waals surface area (Å²) >= 11 is 0. The van der Waals surface area contributed by atoms with E-state index in [9.17, 15) is 10.1 Å². The summed E-state index contributed by atoms with van der Waals surface area (Å²) in [6.07, 6.45) is 2.29. The van der Waals surface area contributed by atoms with Gasteiger partial charge < -0.3 is 34.9 Å². The van der Waals surface area contributed by atoms with E-state index in [2.05, 4.69) is 16.2 Å². The second kappa shape index (κ2) is 10.3. The van der Waals surface area contributed by atoms with Crippen LogP contribution < -0.4 is 5.73 Å². The number of fused-ring (bicyclic) bond motifs is 1. The summed E-state index contributed by atoms with van der Waals surface area (Å²) in [4.78, 5) is 15.9. The van der Waals surface area contributed by atoms with Crippen LogP contribution in [0.3, 0.4) is 0 Å². The molecule has 33 heavy (non-hydrogen) atoms. The van der Waals surface area contributed by atoms with E-state index in [1.54, 1.807) is 4.52 Å². The smallest absolute Gasteiger partial charge is 0.431 e. The Kier molecular flexibility index (Phi) is 7.70. The van der Waals surface area contributed by atoms with Gasteiger partial charge in [-0.05, 0) is 38.8 Å². The molecule has 0 spiro atoms. The topological polar surface area (TPSA) is 174 Å². The fraction of sp³-hybridized carbons (Fsp3) is 0.619. The minimum absolute atomic E-state index is 0.192. The number of hydrogen-bond donors (Lipinski definition) is 3. The van der Waals surface area contributed by atoms with E-state index in [0.29, 0.717) is 50.2 Å². The first kappa shape index (κ1) is 24.7. The maximum atomic E-state index is 12.0. The van der Waals surface area contributed by atoms with E-state index >= 15 is 0 Å². The highest BCUT2D eigenvalue weighted by Gasteiger charge is 2.43. The molecule has 1 unspecified atom stereocenters. The van der Waals surface area contributed by atoms with Crippen LogP contribution in [0.25, 0.3) is 5.52 Å². The molecule has 2 aromatic rings. The minimum atomic E-state index is -1.50. The number of ether oxygens (including phenoxy) is 4. The number of aromatic nitrogens is 3. The van der Waals surface area contributed by atoms with Gasteiger partial charge in [-0.3, -0.25) is 0 Å². The summed E-state index contributed by atoms with van der Waals surface area (Å²) in [5.41, 5.74) is 6.08. The normalized spacial score (nSPS) is 23.4. The van der Waals surface area contributed by atoms with Gasteiger partial charge in [0.2, 0.25) is 0 Å². The lowest BCUT2D eigenvalue weighted by atomic mass is 10.0. The molecule has 0 amide bonds. The fourth-order valence-corrected chi connectivity index (χ4v) is 3.54. The van der Waals surface area contributed by atoms with Crippen molar-refractivity contribution in [3.63, 3.8) is 0 Å². The Morgan fingerprint density at radius 3 is 2.73 bits per heavy atom. The molecular formula is C21H29N5O7. The Labute approximate surface area is 190 Å². The van der Waals surface area contributed by atoms with Crippen molar-refractivity contribution in [1.29, 1.82) is 5.26 Å². The first-order valence-electron chi connectivity index (χ1n) is 10.6. The van der Waals surface area contributed by atoms with E-state index in [4.69, 9.17) is 34.9 Å². The Hall–Kier alpha value is -2.98. The largest absolute Gasteiger partial charge is 0.508 e. The Morgan fingerprint density at radius 2 is 2.06 bits per heavy atom. The second-order valence-corrected chi connectivity index (χ2v) is 8.41. The zero-order valence-electron chi connectivity index (χ0n) is 18.6. The van der Waals surface area contributed by atoms with Crippen LogP contribution in [0.15, 0.2) is 18.5 Å². The molecule has 2 saturated heterocycles. The number of nitrogen functional groups attached to an aromatic ring is 1. The third-order valence-corrected chi connectivity index (χ3v) is 5.08. The van der Waals surface area contributed by atoms with Gasteiger partial charge in [-0.2, -0.15) is 10.4 Å². The third kappa shape index (κ3) is 6.75. The molecular weight excluding hydrogens is 434 g/mol. The van der Waals surface area contributed by atoms with Crippen molar-refractivity contribution >= 4 is 17.5 Å². The number of anilines is 1. The van der Waals surface area contributed by atoms with Crippen molar-refractivity contribution < 1.29 is 34.0 Å². The van der Waals surface area contributed by atoms with Gasteiger partial charge in [0, 0.05) is 12.8 Å². The SMILES string of the molecule is CC(C)(O)O.N#C[C@@]1(COC(=O)OC2CCOCC2)CCC(c2ccc3c(N)ncnn23)O1. The number of nitriles is 1. The van der Waals surface area contributed by atoms with E-state index in [0.717, 1.165) is 5.69 Å². The Morgan fingerprint density at radius 1 is 1.36 bits per heavy atom. The molecule has 12 nitrogen and oxygen atoms in total. The number of carbonyl (C=O) groups is 1. The van der Waals surface area contributed by atoms with Gasteiger partial charge in [-0.25, -0.2) is 14.3 Å². The third-order valence-electron chi connectivity index (χ3n) is 5.08. The molecule has 4 heterocycles. The predicted octanol–water partition coefficient (Wildman–Crippen LogP) is 1.46. The number of aliphatic hydroxyl groups is 2. The standard InChI is InChI=1S/C18H21N5O5.C3H8O2/c19-9-18(10-26-17(24)27-12-4-7-25-8-5-12)6-3-15(28-18)13-1-2-14-16(20)21-11-22-23(13)14;1-3(2,4)5/h1-2,11-12,15H,3-8,10H2,(H2,20,21,22);4-5H,1-2H3/t15?,18-;/m1./s1. The van der Waals surface area contributed by atoms with Crippen LogP contribution in [0.1, 0.15) is 51.3 Å². The molecule has 2 aliphatic rings. The van der Waals surface area contributed by atoms with Crippen LogP contribution >= 0.6 is 0 Å². The van der Waals surface area contributed by atoms with Crippen molar-refractivity contribution in [2.75, 3.05) is 25.6 Å². The van der Waals surface area contributed by atoms with Crippen molar-refractivity contribution in [3.8, 4) is 6.07 Å². The maximum absolute atomic E-state index is 12.0. The van der Waals surface area contributed by atoms with Gasteiger partial charge in [0.15, 0.2) is 17.2 Å². The van der Waals surface area contributed by atoms with E-state index in [1.165, 1.54) is 20.2 Å². The lowest BCUT2D eigenvalue weighted by Gasteiger charge is -2.24. The molecule has 0 aromatic carbocycles. The van der Waals surface area contributed by atoms with Crippen LogP contribution in [-0.4, -0.2) is 68.3 Å². The van der Waals surface area contributed by atoms with Crippen LogP contribution in [0.2, 0.25) is 0 Å². The predicted molar refractivity (Wildman–Crippen MR) is 114 cm³/mol. The van der Waals surface area contributed by atoms with Gasteiger partial charge in [0.05, 0.1) is 18.9 Å². The van der Waals surface area contributed by atoms with Crippen molar-refractivity contribution in [2.45, 2.75) is 63.1 Å². The molecule has 2 fully saturated rings. The summed E-state index contributed by atoms with van der Waals surface area (Å²) in [6.45, 7) is 3.52. The molecule has 0 bridgehead atoms. The number of hydrogen-bond acceptors (Lipinski definition) is 11. The lowest BCUT2D eigenvalue weighted by molar-refractivity contribution is -0.127. The summed E-state index contributed by atoms with van der Waals surface area (Å²) in [7, 11) is 0. The monoisotopic (exact) mass is 463 g/mol. The first-order chi connectivity index (χ1) is 15.6. The van der Waals surface area contributed by atoms with E-state index in [1.807, 2.05) is 12.1 Å². The number of rotatable bonds is 4. The van der Waals surface area contributed by atoms with Gasteiger partial charge in [0.25, 0.3) is 0 Å². The molecule has 0 aliphatic carbocycles. The Bertz CT molecular complexity index is 987. The van der Waals surface area contributed by atoms with Crippen LogP contribution in [0.4, 0.5) is 10.6 Å². The zero-order chi connectivity index (χ0) is 24.1. The minimum Gasteiger partial charge on any atom is -0.431 e. The highest BCUT2D eigenvalue weighted by molar-refractivity contribution is 5.65. The lowest BCUT2D eigenvalue weighted by Crippen LogP contribution is -2.35. The molecule has 4 rings (SSSR count). The van der Waals surface area contributed by atoms with Crippen molar-refractivity contribution in [3.05, 3.63) is 24.2 Å². The quantitative estimate of drug-likeness (QED) is 0.442. The van der Waals surface area contributed by atoms with E-state index < -0.39 is 17.5 Å². The average Bonchev–Trinajstić information content (AvgIpc) is 3.37. The summed E-state index contributed by atoms with van der Waals surface area (Å²) in [5.74, 6) is -1.13.